The molecule has 136 valence electrons. The number of imide groups is 1. The zero-order chi connectivity index (χ0) is 18.0. The van der Waals surface area contributed by atoms with Crippen molar-refractivity contribution < 1.29 is 9.59 Å². The van der Waals surface area contributed by atoms with Crippen LogP contribution >= 0.6 is 11.3 Å². The molecule has 9 heteroatoms. The van der Waals surface area contributed by atoms with Crippen molar-refractivity contribution in [3.63, 3.8) is 0 Å². The summed E-state index contributed by atoms with van der Waals surface area (Å²) in [5.74, 6) is 0.757. The minimum Gasteiger partial charge on any atom is -0.351 e. The molecule has 3 heterocycles. The van der Waals surface area contributed by atoms with Gasteiger partial charge < -0.3 is 15.5 Å². The number of guanidine groups is 1. The van der Waals surface area contributed by atoms with Crippen LogP contribution in [0.4, 0.5) is 4.79 Å². The Kier molecular flexibility index (Phi) is 4.94. The van der Waals surface area contributed by atoms with Gasteiger partial charge in [-0.3, -0.25) is 15.1 Å². The van der Waals surface area contributed by atoms with E-state index in [2.05, 4.69) is 30.8 Å². The van der Waals surface area contributed by atoms with Gasteiger partial charge in [0, 0.05) is 25.0 Å². The Morgan fingerprint density at radius 1 is 1.48 bits per heavy atom. The van der Waals surface area contributed by atoms with E-state index in [9.17, 15) is 9.59 Å². The standard InChI is InChI=1S/C16H24N6O2S/c1-10-12(25-9-19-10)8-18-14(17-3)22-6-4-11(5-7-22)16(2)13(23)20-15(24)21-16/h9,11H,4-8H2,1-3H3,(H,17,18)(H2,20,21,23,24). The first kappa shape index (κ1) is 17.7. The van der Waals surface area contributed by atoms with Crippen molar-refractivity contribution in [2.75, 3.05) is 20.1 Å². The van der Waals surface area contributed by atoms with Gasteiger partial charge in [0.25, 0.3) is 5.91 Å². The number of carbonyl (C=O) groups excluding carboxylic acids is 2. The molecule has 0 saturated carbocycles. The Morgan fingerprint density at radius 3 is 2.72 bits per heavy atom. The third kappa shape index (κ3) is 3.46. The van der Waals surface area contributed by atoms with E-state index < -0.39 is 11.6 Å². The number of aryl methyl sites for hydroxylation is 1. The molecule has 3 amide bonds. The maximum Gasteiger partial charge on any atom is 0.322 e. The molecule has 1 unspecified atom stereocenters. The van der Waals surface area contributed by atoms with Gasteiger partial charge in [-0.25, -0.2) is 9.78 Å². The van der Waals surface area contributed by atoms with Crippen molar-refractivity contribution >= 4 is 29.2 Å². The highest BCUT2D eigenvalue weighted by molar-refractivity contribution is 7.09. The maximum atomic E-state index is 12.1. The monoisotopic (exact) mass is 364 g/mol. The van der Waals surface area contributed by atoms with Crippen LogP contribution in [-0.4, -0.2) is 53.5 Å². The van der Waals surface area contributed by atoms with E-state index in [1.54, 1.807) is 18.4 Å². The second kappa shape index (κ2) is 6.99. The number of likely N-dealkylation sites (tertiary alicyclic amines) is 1. The number of thiazole rings is 1. The van der Waals surface area contributed by atoms with Crippen molar-refractivity contribution in [2.45, 2.75) is 38.8 Å². The van der Waals surface area contributed by atoms with Gasteiger partial charge in [0.2, 0.25) is 0 Å². The molecule has 2 aliphatic rings. The number of aliphatic imine (C=N–C) groups is 1. The van der Waals surface area contributed by atoms with Crippen LogP contribution in [0.5, 0.6) is 0 Å². The highest BCUT2D eigenvalue weighted by Crippen LogP contribution is 2.30. The van der Waals surface area contributed by atoms with Crippen molar-refractivity contribution in [3.8, 4) is 0 Å². The normalized spacial score (nSPS) is 25.1. The lowest BCUT2D eigenvalue weighted by molar-refractivity contribution is -0.125. The van der Waals surface area contributed by atoms with Crippen molar-refractivity contribution in [3.05, 3.63) is 16.1 Å². The van der Waals surface area contributed by atoms with Crippen LogP contribution in [-0.2, 0) is 11.3 Å². The first-order valence-corrected chi connectivity index (χ1v) is 9.30. The predicted octanol–water partition coefficient (Wildman–Crippen LogP) is 0.837. The molecule has 2 saturated heterocycles. The number of nitrogens with zero attached hydrogens (tertiary/aromatic N) is 3. The molecule has 2 fully saturated rings. The van der Waals surface area contributed by atoms with Gasteiger partial charge in [-0.1, -0.05) is 0 Å². The van der Waals surface area contributed by atoms with E-state index in [1.807, 2.05) is 19.4 Å². The Bertz CT molecular complexity index is 695. The summed E-state index contributed by atoms with van der Waals surface area (Å²) in [6.07, 6.45) is 1.65. The second-order valence-corrected chi connectivity index (χ2v) is 7.57. The molecule has 2 aliphatic heterocycles. The molecule has 25 heavy (non-hydrogen) atoms. The third-order valence-electron chi connectivity index (χ3n) is 5.15. The Morgan fingerprint density at radius 2 is 2.20 bits per heavy atom. The van der Waals surface area contributed by atoms with Crippen LogP contribution in [0.15, 0.2) is 10.5 Å². The van der Waals surface area contributed by atoms with Gasteiger partial charge in [0.05, 0.1) is 17.7 Å². The fourth-order valence-electron chi connectivity index (χ4n) is 3.50. The molecule has 0 aromatic carbocycles. The Labute approximate surface area is 151 Å². The Balaban J connectivity index is 1.56. The molecule has 0 bridgehead atoms. The van der Waals surface area contributed by atoms with Crippen LogP contribution in [0.2, 0.25) is 0 Å². The lowest BCUT2D eigenvalue weighted by Gasteiger charge is -2.39. The number of urea groups is 1. The van der Waals surface area contributed by atoms with Crippen LogP contribution in [0.3, 0.4) is 0 Å². The highest BCUT2D eigenvalue weighted by Gasteiger charge is 2.48. The summed E-state index contributed by atoms with van der Waals surface area (Å²) in [5, 5.41) is 8.53. The molecule has 1 atom stereocenters. The number of carbonyl (C=O) groups is 2. The van der Waals surface area contributed by atoms with Crippen molar-refractivity contribution in [1.82, 2.24) is 25.8 Å². The van der Waals surface area contributed by atoms with Crippen molar-refractivity contribution in [2.24, 2.45) is 10.9 Å². The van der Waals surface area contributed by atoms with Crippen LogP contribution in [0.1, 0.15) is 30.3 Å². The molecule has 0 aliphatic carbocycles. The van der Waals surface area contributed by atoms with Gasteiger partial charge in [-0.2, -0.15) is 0 Å². The van der Waals surface area contributed by atoms with Gasteiger partial charge >= 0.3 is 6.03 Å². The first-order valence-electron chi connectivity index (χ1n) is 8.42. The smallest absolute Gasteiger partial charge is 0.322 e. The summed E-state index contributed by atoms with van der Waals surface area (Å²) >= 11 is 1.63. The summed E-state index contributed by atoms with van der Waals surface area (Å²) in [7, 11) is 1.78. The molecule has 0 spiro atoms. The van der Waals surface area contributed by atoms with Crippen LogP contribution < -0.4 is 16.0 Å². The Hall–Kier alpha value is -2.16. The highest BCUT2D eigenvalue weighted by atomic mass is 32.1. The molecular formula is C16H24N6O2S. The van der Waals surface area contributed by atoms with E-state index in [1.165, 1.54) is 4.88 Å². The minimum atomic E-state index is -0.806. The number of rotatable bonds is 3. The lowest BCUT2D eigenvalue weighted by Crippen LogP contribution is -2.55. The third-order valence-corrected chi connectivity index (χ3v) is 6.08. The number of aromatic nitrogens is 1. The predicted molar refractivity (Wildman–Crippen MR) is 96.4 cm³/mol. The van der Waals surface area contributed by atoms with E-state index in [0.29, 0.717) is 6.54 Å². The molecule has 1 aromatic heterocycles. The molecule has 1 aromatic rings. The van der Waals surface area contributed by atoms with Crippen LogP contribution in [0, 0.1) is 12.8 Å². The zero-order valence-electron chi connectivity index (χ0n) is 14.8. The van der Waals surface area contributed by atoms with E-state index in [-0.39, 0.29) is 11.8 Å². The molecule has 3 N–H and O–H groups in total. The van der Waals surface area contributed by atoms with Crippen molar-refractivity contribution in [1.29, 1.82) is 0 Å². The number of piperidine rings is 1. The average Bonchev–Trinajstić information content (AvgIpc) is 3.12. The van der Waals surface area contributed by atoms with Gasteiger partial charge in [-0.15, -0.1) is 11.3 Å². The molecular weight excluding hydrogens is 340 g/mol. The SMILES string of the molecule is CN=C(NCc1scnc1C)N1CCC(C2(C)NC(=O)NC2=O)CC1. The lowest BCUT2D eigenvalue weighted by atomic mass is 9.79. The molecule has 0 radical (unpaired) electrons. The summed E-state index contributed by atoms with van der Waals surface area (Å²) in [6.45, 7) is 6.12. The number of nitrogens with one attached hydrogen (secondary N) is 3. The zero-order valence-corrected chi connectivity index (χ0v) is 15.6. The topological polar surface area (TPSA) is 98.7 Å². The van der Waals surface area contributed by atoms with Gasteiger partial charge in [0.1, 0.15) is 5.54 Å². The maximum absolute atomic E-state index is 12.1. The number of amides is 3. The van der Waals surface area contributed by atoms with E-state index in [0.717, 1.165) is 37.6 Å². The fraction of sp³-hybridized carbons (Fsp3) is 0.625. The summed E-state index contributed by atoms with van der Waals surface area (Å²) in [5.41, 5.74) is 2.09. The summed E-state index contributed by atoms with van der Waals surface area (Å²) in [6, 6.07) is -0.396. The number of hydrogen-bond donors (Lipinski definition) is 3. The fourth-order valence-corrected chi connectivity index (χ4v) is 4.22. The summed E-state index contributed by atoms with van der Waals surface area (Å²) in [4.78, 5) is 35.6. The van der Waals surface area contributed by atoms with Gasteiger partial charge in [0.15, 0.2) is 5.96 Å². The largest absolute Gasteiger partial charge is 0.351 e. The first-order chi connectivity index (χ1) is 11.9. The molecule has 3 rings (SSSR count). The number of hydrogen-bond acceptors (Lipinski definition) is 5. The van der Waals surface area contributed by atoms with E-state index in [4.69, 9.17) is 0 Å². The minimum absolute atomic E-state index is 0.122. The molecule has 8 nitrogen and oxygen atoms in total. The summed E-state index contributed by atoms with van der Waals surface area (Å²) < 4.78 is 0. The second-order valence-electron chi connectivity index (χ2n) is 6.63. The average molecular weight is 364 g/mol. The quantitative estimate of drug-likeness (QED) is 0.419. The van der Waals surface area contributed by atoms with E-state index >= 15 is 0 Å². The van der Waals surface area contributed by atoms with Crippen LogP contribution in [0.25, 0.3) is 0 Å². The van der Waals surface area contributed by atoms with Gasteiger partial charge in [-0.05, 0) is 32.6 Å².